The minimum atomic E-state index is 0.737. The van der Waals surface area contributed by atoms with Gasteiger partial charge in [0.15, 0.2) is 5.58 Å². The molecular weight excluding hydrogens is 342 g/mol. The van der Waals surface area contributed by atoms with Gasteiger partial charge in [-0.25, -0.2) is 0 Å². The van der Waals surface area contributed by atoms with Crippen LogP contribution in [-0.4, -0.2) is 50.5 Å². The predicted octanol–water partition coefficient (Wildman–Crippen LogP) is 3.30. The van der Waals surface area contributed by atoms with Crippen molar-refractivity contribution in [2.45, 2.75) is 0 Å². The van der Waals surface area contributed by atoms with Crippen molar-refractivity contribution in [2.24, 2.45) is 0 Å². The number of aromatic nitrogens is 4. The van der Waals surface area contributed by atoms with Gasteiger partial charge < -0.3 is 11.6 Å². The van der Waals surface area contributed by atoms with E-state index in [1.165, 1.54) is 0 Å². The first-order chi connectivity index (χ1) is 12.3. The van der Waals surface area contributed by atoms with Crippen molar-refractivity contribution < 1.29 is 4.52 Å². The number of nitrogens with zero attached hydrogens (tertiary/aromatic N) is 4. The second kappa shape index (κ2) is 4.66. The molecule has 0 saturated carbocycles. The molecule has 6 aromatic rings. The summed E-state index contributed by atoms with van der Waals surface area (Å²) in [6, 6.07) is 16.6. The second-order valence-electron chi connectivity index (χ2n) is 6.17. The quantitative estimate of drug-likeness (QED) is 0.395. The van der Waals surface area contributed by atoms with Gasteiger partial charge in [0.2, 0.25) is 0 Å². The molecule has 0 aliphatic rings. The summed E-state index contributed by atoms with van der Waals surface area (Å²) in [5.74, 6) is 0. The van der Waals surface area contributed by atoms with Crippen LogP contribution in [0.5, 0.6) is 0 Å². The lowest BCUT2D eigenvalue weighted by molar-refractivity contribution is 0.426. The predicted molar refractivity (Wildman–Crippen MR) is 100 cm³/mol. The number of hydrogen-bond donors (Lipinski definition) is 0. The Hall–Kier alpha value is -2.28. The van der Waals surface area contributed by atoms with Gasteiger partial charge >= 0.3 is 33.0 Å². The summed E-state index contributed by atoms with van der Waals surface area (Å²) in [7, 11) is 0. The average molecular weight is 350 g/mol. The van der Waals surface area contributed by atoms with Gasteiger partial charge in [0.05, 0.1) is 10.9 Å². The topological polar surface area (TPSA) is 48.8 Å². The third-order valence-corrected chi connectivity index (χ3v) is 6.07. The molecule has 3 heterocycles. The van der Waals surface area contributed by atoms with Crippen LogP contribution in [-0.2, 0) is 0 Å². The molecule has 7 heteroatoms. The van der Waals surface area contributed by atoms with Crippen molar-refractivity contribution in [3.05, 3.63) is 48.5 Å². The van der Waals surface area contributed by atoms with E-state index < -0.39 is 0 Å². The number of benzene rings is 3. The zero-order chi connectivity index (χ0) is 16.7. The van der Waals surface area contributed by atoms with Crippen LogP contribution in [0, 0.1) is 0 Å². The molecule has 0 amide bonds. The molecule has 4 radical (unpaired) electrons. The van der Waals surface area contributed by atoms with Crippen LogP contribution in [0.4, 0.5) is 0 Å². The molecule has 0 aliphatic heterocycles. The summed E-state index contributed by atoms with van der Waals surface area (Å²) in [5, 5.41) is 12.6. The summed E-state index contributed by atoms with van der Waals surface area (Å²) in [4.78, 5) is 0. The smallest absolute Gasteiger partial charge is 0.318 e. The van der Waals surface area contributed by atoms with Gasteiger partial charge in [0, 0.05) is 38.0 Å². The molecule has 25 heavy (non-hydrogen) atoms. The van der Waals surface area contributed by atoms with E-state index in [9.17, 15) is 0 Å². The van der Waals surface area contributed by atoms with Gasteiger partial charge in [0.25, 0.3) is 0 Å². The Kier molecular flexibility index (Phi) is 2.60. The maximum Gasteiger partial charge on any atom is 0.318 e. The molecule has 0 aliphatic carbocycles. The molecule has 6 rings (SSSR count). The lowest BCUT2D eigenvalue weighted by Gasteiger charge is -2.06. The molecule has 0 unspecified atom stereocenters. The van der Waals surface area contributed by atoms with E-state index in [-0.39, 0.29) is 0 Å². The van der Waals surface area contributed by atoms with E-state index in [2.05, 4.69) is 74.8 Å². The third-order valence-electron chi connectivity index (χ3n) is 5.00. The lowest BCUT2D eigenvalue weighted by Crippen LogP contribution is -1.96. The molecule has 5 nitrogen and oxygen atoms in total. The van der Waals surface area contributed by atoms with Crippen LogP contribution < -0.4 is 0 Å². The maximum absolute atomic E-state index is 5.62. The van der Waals surface area contributed by atoms with Gasteiger partial charge in [-0.2, -0.15) is 0 Å². The highest BCUT2D eigenvalue weighted by molar-refractivity contribution is 6.39. The normalized spacial score (nSPS) is 12.3. The monoisotopic (exact) mass is 350 g/mol. The van der Waals surface area contributed by atoms with Crippen LogP contribution in [0.1, 0.15) is 0 Å². The van der Waals surface area contributed by atoms with Gasteiger partial charge in [-0.1, -0.05) is 36.4 Å². The van der Waals surface area contributed by atoms with Crippen molar-refractivity contribution in [1.29, 1.82) is 0 Å². The second-order valence-corrected chi connectivity index (χ2v) is 7.20. The minimum Gasteiger partial charge on any atom is -0.450 e. The van der Waals surface area contributed by atoms with Crippen molar-refractivity contribution in [1.82, 2.24) is 17.5 Å². The molecule has 0 bridgehead atoms. The van der Waals surface area contributed by atoms with Crippen LogP contribution in [0.3, 0.4) is 0 Å². The fourth-order valence-corrected chi connectivity index (χ4v) is 4.93. The zero-order valence-corrected chi connectivity index (χ0v) is 15.3. The molecule has 3 aromatic heterocycles. The summed E-state index contributed by atoms with van der Waals surface area (Å²) in [5.41, 5.74) is 6.01. The number of rotatable bonds is 0. The first-order valence-electron chi connectivity index (χ1n) is 7.88. The summed E-state index contributed by atoms with van der Waals surface area (Å²) in [6.45, 7) is 0. The number of hydrogen-bond acceptors (Lipinski definition) is 3. The molecular formula is C18H8Al2N4O. The Bertz CT molecular complexity index is 1360. The van der Waals surface area contributed by atoms with Crippen LogP contribution >= 0.6 is 0 Å². The van der Waals surface area contributed by atoms with Crippen LogP contribution in [0.2, 0.25) is 0 Å². The standard InChI is InChI=1S/C18H8N4O.2Al/c1-3-7-11-9(5-1)13-15(19-11)16-14(18-17(13)21-22-23-18)10-6-2-4-8-12(10)20-16;;/h1-8H;;/q-2;2*+1. The largest absolute Gasteiger partial charge is 0.450 e. The van der Waals surface area contributed by atoms with Crippen molar-refractivity contribution in [3.63, 3.8) is 0 Å². The lowest BCUT2D eigenvalue weighted by atomic mass is 10.1. The first-order valence-corrected chi connectivity index (χ1v) is 8.91. The van der Waals surface area contributed by atoms with Crippen LogP contribution in [0.15, 0.2) is 53.1 Å². The van der Waals surface area contributed by atoms with E-state index in [0.29, 0.717) is 0 Å². The maximum atomic E-state index is 5.62. The highest BCUT2D eigenvalue weighted by atomic mass is 27.1. The van der Waals surface area contributed by atoms with E-state index in [1.54, 1.807) is 0 Å². The molecule has 0 N–H and O–H groups in total. The van der Waals surface area contributed by atoms with E-state index in [0.717, 1.165) is 54.7 Å². The highest BCUT2D eigenvalue weighted by Gasteiger charge is 2.22. The highest BCUT2D eigenvalue weighted by Crippen LogP contribution is 2.42. The number of para-hydroxylation sites is 2. The third kappa shape index (κ3) is 1.56. The zero-order valence-electron chi connectivity index (χ0n) is 13.0. The number of fused-ring (bicyclic) bond motifs is 10. The molecule has 3 aromatic carbocycles. The van der Waals surface area contributed by atoms with Gasteiger partial charge in [-0.15, -0.1) is 5.10 Å². The summed E-state index contributed by atoms with van der Waals surface area (Å²) in [6.07, 6.45) is 0. The first kappa shape index (κ1) is 14.0. The van der Waals surface area contributed by atoms with Crippen molar-refractivity contribution in [3.8, 4) is 0 Å². The van der Waals surface area contributed by atoms with Gasteiger partial charge in [-0.3, -0.25) is 0 Å². The molecule has 0 saturated heterocycles. The molecule has 112 valence electrons. The average Bonchev–Trinajstić information content (AvgIpc) is 3.31. The van der Waals surface area contributed by atoms with E-state index >= 15 is 0 Å². The van der Waals surface area contributed by atoms with Gasteiger partial charge in [0.1, 0.15) is 5.52 Å². The van der Waals surface area contributed by atoms with Crippen molar-refractivity contribution >= 4 is 87.7 Å². The minimum absolute atomic E-state index is 0.737. The fraction of sp³-hybridized carbons (Fsp3) is 0. The summed E-state index contributed by atoms with van der Waals surface area (Å²) >= 11 is 5.67. The Morgan fingerprint density at radius 1 is 0.760 bits per heavy atom. The molecule has 0 spiro atoms. The Morgan fingerprint density at radius 3 is 2.00 bits per heavy atom. The van der Waals surface area contributed by atoms with E-state index in [4.69, 9.17) is 4.52 Å². The van der Waals surface area contributed by atoms with Crippen LogP contribution in [0.25, 0.3) is 54.7 Å². The fourth-order valence-electron chi connectivity index (χ4n) is 3.98. The summed E-state index contributed by atoms with van der Waals surface area (Å²) < 4.78 is 9.92. The Balaban J connectivity index is 2.13. The molecule has 0 fully saturated rings. The van der Waals surface area contributed by atoms with Crippen molar-refractivity contribution in [2.75, 3.05) is 0 Å². The van der Waals surface area contributed by atoms with Gasteiger partial charge in [-0.05, 0) is 12.1 Å². The van der Waals surface area contributed by atoms with E-state index in [1.807, 2.05) is 24.3 Å². The Morgan fingerprint density at radius 2 is 1.32 bits per heavy atom. The Labute approximate surface area is 158 Å². The SMILES string of the molecule is [Al][n]1c2ccccc2c2c3nnoc3c3c4ccccc4[n]([Al])c3c21. The molecule has 0 atom stereocenters.